The summed E-state index contributed by atoms with van der Waals surface area (Å²) in [5.74, 6) is 0.413. The van der Waals surface area contributed by atoms with Crippen LogP contribution in [-0.4, -0.2) is 19.5 Å². The number of hydrogen-bond donors (Lipinski definition) is 0. The van der Waals surface area contributed by atoms with E-state index in [4.69, 9.17) is 9.47 Å². The molecule has 16 heavy (non-hydrogen) atoms. The Labute approximate surface area is 97.6 Å². The summed E-state index contributed by atoms with van der Waals surface area (Å²) < 4.78 is 11.4. The highest BCUT2D eigenvalue weighted by molar-refractivity contribution is 5.35. The monoisotopic (exact) mass is 220 g/mol. The van der Waals surface area contributed by atoms with Gasteiger partial charge in [0.25, 0.3) is 0 Å². The van der Waals surface area contributed by atoms with Gasteiger partial charge in [-0.2, -0.15) is 0 Å². The first-order valence-corrected chi connectivity index (χ1v) is 6.17. The summed E-state index contributed by atoms with van der Waals surface area (Å²) in [4.78, 5) is 0. The molecule has 1 aromatic carbocycles. The summed E-state index contributed by atoms with van der Waals surface area (Å²) in [6.45, 7) is 5.46. The molecule has 0 saturated heterocycles. The Hall–Kier alpha value is -0.860. The molecular weight excluding hydrogens is 200 g/mol. The molecule has 0 amide bonds. The third-order valence-electron chi connectivity index (χ3n) is 3.17. The van der Waals surface area contributed by atoms with Crippen molar-refractivity contribution in [2.24, 2.45) is 0 Å². The number of benzene rings is 1. The first-order valence-electron chi connectivity index (χ1n) is 6.17. The Morgan fingerprint density at radius 3 is 2.56 bits per heavy atom. The minimum atomic E-state index is -0.0707. The second kappa shape index (κ2) is 5.46. The molecule has 1 aromatic rings. The molecule has 0 saturated carbocycles. The quantitative estimate of drug-likeness (QED) is 0.710. The molecule has 0 fully saturated rings. The Morgan fingerprint density at radius 2 is 1.88 bits per heavy atom. The van der Waals surface area contributed by atoms with Gasteiger partial charge in [-0.05, 0) is 37.8 Å². The van der Waals surface area contributed by atoms with E-state index < -0.39 is 0 Å². The Kier molecular flexibility index (Phi) is 3.97. The van der Waals surface area contributed by atoms with E-state index in [1.54, 1.807) is 0 Å². The zero-order valence-corrected chi connectivity index (χ0v) is 10.1. The lowest BCUT2D eigenvalue weighted by Gasteiger charge is -2.23. The van der Waals surface area contributed by atoms with Crippen molar-refractivity contribution in [3.63, 3.8) is 0 Å². The van der Waals surface area contributed by atoms with E-state index in [2.05, 4.69) is 24.3 Å². The SMILES string of the molecule is CCOC(OCC)C1CCc2ccccc21. The Balaban J connectivity index is 2.15. The smallest absolute Gasteiger partial charge is 0.164 e. The first kappa shape index (κ1) is 11.6. The van der Waals surface area contributed by atoms with Crippen molar-refractivity contribution in [2.75, 3.05) is 13.2 Å². The standard InChI is InChI=1S/C14H20O2/c1-3-15-14(16-4-2)13-10-9-11-7-5-6-8-12(11)13/h5-8,13-14H,3-4,9-10H2,1-2H3. The van der Waals surface area contributed by atoms with Crippen LogP contribution in [-0.2, 0) is 15.9 Å². The van der Waals surface area contributed by atoms with E-state index in [0.717, 1.165) is 12.8 Å². The van der Waals surface area contributed by atoms with Crippen molar-refractivity contribution in [1.82, 2.24) is 0 Å². The number of hydrogen-bond acceptors (Lipinski definition) is 2. The van der Waals surface area contributed by atoms with E-state index in [-0.39, 0.29) is 6.29 Å². The van der Waals surface area contributed by atoms with Gasteiger partial charge in [-0.15, -0.1) is 0 Å². The second-order valence-corrected chi connectivity index (χ2v) is 4.12. The highest BCUT2D eigenvalue weighted by Gasteiger charge is 2.30. The largest absolute Gasteiger partial charge is 0.352 e. The van der Waals surface area contributed by atoms with Crippen LogP contribution >= 0.6 is 0 Å². The van der Waals surface area contributed by atoms with Crippen LogP contribution in [0.15, 0.2) is 24.3 Å². The maximum atomic E-state index is 5.70. The number of ether oxygens (including phenoxy) is 2. The zero-order valence-electron chi connectivity index (χ0n) is 10.1. The fourth-order valence-corrected chi connectivity index (χ4v) is 2.48. The summed E-state index contributed by atoms with van der Waals surface area (Å²) >= 11 is 0. The molecule has 0 aliphatic heterocycles. The van der Waals surface area contributed by atoms with E-state index in [1.165, 1.54) is 11.1 Å². The average Bonchev–Trinajstić information content (AvgIpc) is 2.72. The third kappa shape index (κ3) is 2.28. The summed E-state index contributed by atoms with van der Waals surface area (Å²) in [7, 11) is 0. The van der Waals surface area contributed by atoms with E-state index >= 15 is 0 Å². The van der Waals surface area contributed by atoms with Crippen molar-refractivity contribution in [2.45, 2.75) is 38.9 Å². The lowest BCUT2D eigenvalue weighted by molar-refractivity contribution is -0.149. The molecule has 1 atom stereocenters. The van der Waals surface area contributed by atoms with Crippen LogP contribution in [0.1, 0.15) is 37.3 Å². The van der Waals surface area contributed by atoms with Crippen molar-refractivity contribution in [3.05, 3.63) is 35.4 Å². The zero-order chi connectivity index (χ0) is 11.4. The maximum absolute atomic E-state index is 5.70. The lowest BCUT2D eigenvalue weighted by Crippen LogP contribution is -2.24. The Morgan fingerprint density at radius 1 is 1.19 bits per heavy atom. The highest BCUT2D eigenvalue weighted by atomic mass is 16.7. The molecule has 0 aromatic heterocycles. The van der Waals surface area contributed by atoms with Crippen LogP contribution in [0.5, 0.6) is 0 Å². The first-order chi connectivity index (χ1) is 7.86. The van der Waals surface area contributed by atoms with Gasteiger partial charge in [0.15, 0.2) is 6.29 Å². The van der Waals surface area contributed by atoms with Crippen molar-refractivity contribution >= 4 is 0 Å². The van der Waals surface area contributed by atoms with E-state index in [9.17, 15) is 0 Å². The summed E-state index contributed by atoms with van der Waals surface area (Å²) in [5.41, 5.74) is 2.87. The van der Waals surface area contributed by atoms with Crippen LogP contribution in [0.4, 0.5) is 0 Å². The fraction of sp³-hybridized carbons (Fsp3) is 0.571. The van der Waals surface area contributed by atoms with Crippen LogP contribution < -0.4 is 0 Å². The van der Waals surface area contributed by atoms with Crippen molar-refractivity contribution < 1.29 is 9.47 Å². The van der Waals surface area contributed by atoms with Gasteiger partial charge in [-0.3, -0.25) is 0 Å². The molecule has 0 spiro atoms. The van der Waals surface area contributed by atoms with E-state index in [1.807, 2.05) is 13.8 Å². The molecule has 0 heterocycles. The van der Waals surface area contributed by atoms with Gasteiger partial charge in [-0.25, -0.2) is 0 Å². The molecule has 1 unspecified atom stereocenters. The predicted molar refractivity (Wildman–Crippen MR) is 64.5 cm³/mol. The Bertz CT molecular complexity index is 329. The molecule has 1 aliphatic rings. The van der Waals surface area contributed by atoms with Gasteiger partial charge < -0.3 is 9.47 Å². The molecule has 0 radical (unpaired) electrons. The molecule has 0 N–H and O–H groups in total. The van der Waals surface area contributed by atoms with Gasteiger partial charge in [0.1, 0.15) is 0 Å². The van der Waals surface area contributed by atoms with Crippen molar-refractivity contribution in [1.29, 1.82) is 0 Å². The van der Waals surface area contributed by atoms with Gasteiger partial charge in [0.05, 0.1) is 0 Å². The van der Waals surface area contributed by atoms with Crippen LogP contribution in [0.3, 0.4) is 0 Å². The maximum Gasteiger partial charge on any atom is 0.164 e. The molecular formula is C14H20O2. The number of aryl methyl sites for hydroxylation is 1. The molecule has 0 bridgehead atoms. The third-order valence-corrected chi connectivity index (χ3v) is 3.17. The molecule has 2 nitrogen and oxygen atoms in total. The molecule has 1 aliphatic carbocycles. The second-order valence-electron chi connectivity index (χ2n) is 4.12. The summed E-state index contributed by atoms with van der Waals surface area (Å²) in [6, 6.07) is 8.63. The minimum absolute atomic E-state index is 0.0707. The normalized spacial score (nSPS) is 19.1. The fourth-order valence-electron chi connectivity index (χ4n) is 2.48. The van der Waals surface area contributed by atoms with Gasteiger partial charge in [-0.1, -0.05) is 24.3 Å². The van der Waals surface area contributed by atoms with Gasteiger partial charge in [0.2, 0.25) is 0 Å². The average molecular weight is 220 g/mol. The van der Waals surface area contributed by atoms with Gasteiger partial charge >= 0.3 is 0 Å². The molecule has 2 rings (SSSR count). The lowest BCUT2D eigenvalue weighted by atomic mass is 10.0. The van der Waals surface area contributed by atoms with Crippen LogP contribution in [0.25, 0.3) is 0 Å². The molecule has 2 heteroatoms. The highest BCUT2D eigenvalue weighted by Crippen LogP contribution is 2.36. The summed E-state index contributed by atoms with van der Waals surface area (Å²) in [6.07, 6.45) is 2.22. The van der Waals surface area contributed by atoms with E-state index in [0.29, 0.717) is 19.1 Å². The van der Waals surface area contributed by atoms with Crippen LogP contribution in [0, 0.1) is 0 Å². The number of rotatable bonds is 5. The molecule has 88 valence electrons. The predicted octanol–water partition coefficient (Wildman–Crippen LogP) is 3.12. The summed E-state index contributed by atoms with van der Waals surface area (Å²) in [5, 5.41) is 0. The topological polar surface area (TPSA) is 18.5 Å². The number of fused-ring (bicyclic) bond motifs is 1. The van der Waals surface area contributed by atoms with Crippen LogP contribution in [0.2, 0.25) is 0 Å². The van der Waals surface area contributed by atoms with Gasteiger partial charge in [0, 0.05) is 19.1 Å². The minimum Gasteiger partial charge on any atom is -0.352 e. The van der Waals surface area contributed by atoms with Crippen molar-refractivity contribution in [3.8, 4) is 0 Å².